The van der Waals surface area contributed by atoms with Crippen LogP contribution in [0, 0.1) is 0 Å². The number of nitrogens with zero attached hydrogens (tertiary/aromatic N) is 1. The lowest BCUT2D eigenvalue weighted by atomic mass is 10.1. The Morgan fingerprint density at radius 1 is 1.29 bits per heavy atom. The van der Waals surface area contributed by atoms with Gasteiger partial charge in [0.25, 0.3) is 0 Å². The van der Waals surface area contributed by atoms with E-state index in [0.717, 1.165) is 5.56 Å². The third kappa shape index (κ3) is 1.30. The Labute approximate surface area is 83.5 Å². The van der Waals surface area contributed by atoms with E-state index in [1.807, 2.05) is 44.4 Å². The van der Waals surface area contributed by atoms with Crippen molar-refractivity contribution in [3.63, 3.8) is 0 Å². The van der Waals surface area contributed by atoms with Crippen molar-refractivity contribution < 1.29 is 14.0 Å². The largest absolute Gasteiger partial charge is 0.516 e. The smallest absolute Gasteiger partial charge is 0.413 e. The van der Waals surface area contributed by atoms with Gasteiger partial charge in [-0.25, -0.2) is 4.48 Å². The van der Waals surface area contributed by atoms with Crippen LogP contribution in [0.1, 0.15) is 11.6 Å². The summed E-state index contributed by atoms with van der Waals surface area (Å²) >= 11 is 0. The molecule has 1 unspecified atom stereocenters. The molecule has 1 aliphatic rings. The van der Waals surface area contributed by atoms with Crippen LogP contribution in [0.15, 0.2) is 30.3 Å². The molecular formula is C11H14NO2+. The lowest BCUT2D eigenvalue weighted by Gasteiger charge is -2.24. The molecule has 0 aliphatic carbocycles. The number of carbonyl (C=O) groups excluding carboxylic acids is 1. The van der Waals surface area contributed by atoms with Crippen molar-refractivity contribution in [3.05, 3.63) is 35.9 Å². The molecule has 3 nitrogen and oxygen atoms in total. The molecule has 1 atom stereocenters. The third-order valence-electron chi connectivity index (χ3n) is 2.80. The molecule has 1 aromatic rings. The topological polar surface area (TPSA) is 26.3 Å². The Morgan fingerprint density at radius 2 is 1.93 bits per heavy atom. The number of hydrogen-bond donors (Lipinski definition) is 0. The summed E-state index contributed by atoms with van der Waals surface area (Å²) in [5.41, 5.74) is 1.16. The van der Waals surface area contributed by atoms with Gasteiger partial charge in [0.05, 0.1) is 14.1 Å². The third-order valence-corrected chi connectivity index (χ3v) is 2.80. The van der Waals surface area contributed by atoms with E-state index in [4.69, 9.17) is 4.74 Å². The van der Waals surface area contributed by atoms with Crippen molar-refractivity contribution in [2.75, 3.05) is 20.7 Å². The van der Waals surface area contributed by atoms with Gasteiger partial charge in [-0.3, -0.25) is 0 Å². The quantitative estimate of drug-likeness (QED) is 0.636. The highest BCUT2D eigenvalue weighted by atomic mass is 16.6. The molecule has 1 aromatic carbocycles. The molecule has 0 radical (unpaired) electrons. The molecule has 0 aromatic heterocycles. The van der Waals surface area contributed by atoms with Crippen LogP contribution in [0.4, 0.5) is 4.79 Å². The Balaban J connectivity index is 2.33. The Kier molecular flexibility index (Phi) is 2.04. The maximum atomic E-state index is 11.4. The summed E-state index contributed by atoms with van der Waals surface area (Å²) in [6.45, 7) is 0.482. The minimum absolute atomic E-state index is 0.128. The summed E-state index contributed by atoms with van der Waals surface area (Å²) in [4.78, 5) is 11.4. The van der Waals surface area contributed by atoms with Crippen LogP contribution in [0.25, 0.3) is 0 Å². The second-order valence-electron chi connectivity index (χ2n) is 4.04. The van der Waals surface area contributed by atoms with Gasteiger partial charge in [0.2, 0.25) is 0 Å². The van der Waals surface area contributed by atoms with E-state index in [0.29, 0.717) is 6.61 Å². The van der Waals surface area contributed by atoms with Crippen LogP contribution in [-0.4, -0.2) is 31.3 Å². The number of cyclic esters (lactones) is 1. The molecule has 0 spiro atoms. The summed E-state index contributed by atoms with van der Waals surface area (Å²) in [7, 11) is 3.76. The molecule has 0 saturated carbocycles. The van der Waals surface area contributed by atoms with Crippen LogP contribution in [0.3, 0.4) is 0 Å². The van der Waals surface area contributed by atoms with Crippen LogP contribution in [0.2, 0.25) is 0 Å². The van der Waals surface area contributed by atoms with Gasteiger partial charge in [0.1, 0.15) is 0 Å². The number of quaternary nitrogens is 1. The number of ether oxygens (including phenoxy) is 1. The molecule has 0 bridgehead atoms. The zero-order chi connectivity index (χ0) is 10.2. The molecule has 74 valence electrons. The molecular weight excluding hydrogens is 178 g/mol. The zero-order valence-electron chi connectivity index (χ0n) is 8.43. The van der Waals surface area contributed by atoms with Crippen molar-refractivity contribution in [1.29, 1.82) is 0 Å². The predicted molar refractivity (Wildman–Crippen MR) is 52.6 cm³/mol. The SMILES string of the molecule is C[N+]1(C)C(=O)OCC1c1ccccc1. The van der Waals surface area contributed by atoms with Crippen LogP contribution < -0.4 is 0 Å². The van der Waals surface area contributed by atoms with E-state index in [-0.39, 0.29) is 16.6 Å². The monoisotopic (exact) mass is 192 g/mol. The Morgan fingerprint density at radius 3 is 2.43 bits per heavy atom. The summed E-state index contributed by atoms with van der Waals surface area (Å²) in [5, 5.41) is 0. The Hall–Kier alpha value is -1.35. The summed E-state index contributed by atoms with van der Waals surface area (Å²) < 4.78 is 5.35. The van der Waals surface area contributed by atoms with Gasteiger partial charge in [-0.1, -0.05) is 30.3 Å². The fraction of sp³-hybridized carbons (Fsp3) is 0.364. The Bertz CT molecular complexity index is 346. The van der Waals surface area contributed by atoms with Crippen LogP contribution in [-0.2, 0) is 4.74 Å². The molecule has 3 heteroatoms. The van der Waals surface area contributed by atoms with E-state index in [1.165, 1.54) is 0 Å². The molecule has 1 saturated heterocycles. The average Bonchev–Trinajstić information content (AvgIpc) is 2.44. The lowest BCUT2D eigenvalue weighted by Crippen LogP contribution is -2.42. The maximum absolute atomic E-state index is 11.4. The summed E-state index contributed by atoms with van der Waals surface area (Å²) in [6, 6.07) is 10.1. The van der Waals surface area contributed by atoms with E-state index >= 15 is 0 Å². The fourth-order valence-corrected chi connectivity index (χ4v) is 1.77. The standard InChI is InChI=1S/C11H14NO2/c1-12(2)10(8-14-11(12)13)9-6-4-3-5-7-9/h3-7,10H,8H2,1-2H3/q+1. The first-order chi connectivity index (χ1) is 6.62. The number of carbonyl (C=O) groups is 1. The number of amides is 1. The van der Waals surface area contributed by atoms with Gasteiger partial charge in [-0.05, 0) is 0 Å². The average molecular weight is 192 g/mol. The molecule has 2 rings (SSSR count). The van der Waals surface area contributed by atoms with Gasteiger partial charge in [-0.2, -0.15) is 4.79 Å². The molecule has 1 heterocycles. The molecule has 1 amide bonds. The van der Waals surface area contributed by atoms with E-state index in [9.17, 15) is 4.79 Å². The lowest BCUT2D eigenvalue weighted by molar-refractivity contribution is -0.832. The molecule has 0 N–H and O–H groups in total. The van der Waals surface area contributed by atoms with Crippen molar-refractivity contribution in [3.8, 4) is 0 Å². The van der Waals surface area contributed by atoms with E-state index in [2.05, 4.69) is 0 Å². The first-order valence-electron chi connectivity index (χ1n) is 4.68. The van der Waals surface area contributed by atoms with Crippen LogP contribution >= 0.6 is 0 Å². The molecule has 1 aliphatic heterocycles. The van der Waals surface area contributed by atoms with Crippen molar-refractivity contribution in [1.82, 2.24) is 0 Å². The molecule has 1 fully saturated rings. The number of likely N-dealkylation sites (N-methyl/N-ethyl adjacent to an activating group) is 1. The predicted octanol–water partition coefficient (Wildman–Crippen LogP) is 1.95. The van der Waals surface area contributed by atoms with Gasteiger partial charge < -0.3 is 4.74 Å². The van der Waals surface area contributed by atoms with Gasteiger partial charge in [-0.15, -0.1) is 0 Å². The van der Waals surface area contributed by atoms with Gasteiger partial charge >= 0.3 is 6.09 Å². The molecule has 14 heavy (non-hydrogen) atoms. The van der Waals surface area contributed by atoms with Crippen molar-refractivity contribution >= 4 is 6.09 Å². The van der Waals surface area contributed by atoms with Crippen molar-refractivity contribution in [2.45, 2.75) is 6.04 Å². The fourth-order valence-electron chi connectivity index (χ4n) is 1.77. The second kappa shape index (κ2) is 3.10. The maximum Gasteiger partial charge on any atom is 0.516 e. The van der Waals surface area contributed by atoms with Gasteiger partial charge in [0, 0.05) is 5.56 Å². The van der Waals surface area contributed by atoms with Gasteiger partial charge in [0.15, 0.2) is 12.6 Å². The highest BCUT2D eigenvalue weighted by molar-refractivity contribution is 5.61. The van der Waals surface area contributed by atoms with E-state index in [1.54, 1.807) is 0 Å². The van der Waals surface area contributed by atoms with Crippen LogP contribution in [0.5, 0.6) is 0 Å². The number of hydrogen-bond acceptors (Lipinski definition) is 2. The highest BCUT2D eigenvalue weighted by Gasteiger charge is 2.45. The van der Waals surface area contributed by atoms with E-state index < -0.39 is 0 Å². The summed E-state index contributed by atoms with van der Waals surface area (Å²) in [5.74, 6) is 0. The van der Waals surface area contributed by atoms with Crippen molar-refractivity contribution in [2.24, 2.45) is 0 Å². The minimum Gasteiger partial charge on any atom is -0.413 e. The summed E-state index contributed by atoms with van der Waals surface area (Å²) in [6.07, 6.45) is -0.154. The zero-order valence-corrected chi connectivity index (χ0v) is 8.43. The normalized spacial score (nSPS) is 24.7. The number of rotatable bonds is 1. The highest BCUT2D eigenvalue weighted by Crippen LogP contribution is 2.31. The first-order valence-corrected chi connectivity index (χ1v) is 4.68. The second-order valence-corrected chi connectivity index (χ2v) is 4.04. The first kappa shape index (κ1) is 9.21. The minimum atomic E-state index is -0.154. The number of benzene rings is 1.